The number of piperidine rings is 1. The molecule has 8 nitrogen and oxygen atoms in total. The van der Waals surface area contributed by atoms with Gasteiger partial charge in [-0.25, -0.2) is 4.79 Å². The monoisotopic (exact) mass is 352 g/mol. The van der Waals surface area contributed by atoms with Crippen LogP contribution in [-0.2, 0) is 11.3 Å². The fourth-order valence-corrected chi connectivity index (χ4v) is 2.84. The zero-order valence-corrected chi connectivity index (χ0v) is 14.7. The van der Waals surface area contributed by atoms with Crippen molar-refractivity contribution < 1.29 is 28.9 Å². The molecule has 1 aliphatic heterocycles. The molecule has 0 atom stereocenters. The van der Waals surface area contributed by atoms with Gasteiger partial charge < -0.3 is 29.5 Å². The summed E-state index contributed by atoms with van der Waals surface area (Å²) in [6, 6.07) is 3.24. The van der Waals surface area contributed by atoms with Gasteiger partial charge in [-0.05, 0) is 18.9 Å². The predicted molar refractivity (Wildman–Crippen MR) is 90.3 cm³/mol. The van der Waals surface area contributed by atoms with Crippen molar-refractivity contribution in [3.63, 3.8) is 0 Å². The maximum absolute atomic E-state index is 12.3. The van der Waals surface area contributed by atoms with Crippen molar-refractivity contribution >= 4 is 12.0 Å². The van der Waals surface area contributed by atoms with Gasteiger partial charge in [-0.15, -0.1) is 0 Å². The lowest BCUT2D eigenvalue weighted by Crippen LogP contribution is -2.45. The van der Waals surface area contributed by atoms with E-state index in [0.29, 0.717) is 43.2 Å². The molecular formula is C17H24N2O6. The van der Waals surface area contributed by atoms with E-state index in [1.165, 1.54) is 0 Å². The summed E-state index contributed by atoms with van der Waals surface area (Å²) in [6.45, 7) is 1.14. The zero-order valence-electron chi connectivity index (χ0n) is 14.7. The number of amides is 2. The van der Waals surface area contributed by atoms with Gasteiger partial charge in [-0.3, -0.25) is 4.79 Å². The van der Waals surface area contributed by atoms with Gasteiger partial charge in [-0.1, -0.05) is 0 Å². The molecule has 138 valence electrons. The molecule has 0 aliphatic carbocycles. The smallest absolute Gasteiger partial charge is 0.317 e. The van der Waals surface area contributed by atoms with Crippen molar-refractivity contribution in [1.29, 1.82) is 0 Å². The molecule has 1 fully saturated rings. The van der Waals surface area contributed by atoms with E-state index in [4.69, 9.17) is 19.3 Å². The lowest BCUT2D eigenvalue weighted by molar-refractivity contribution is -0.143. The Bertz CT molecular complexity index is 626. The van der Waals surface area contributed by atoms with Crippen molar-refractivity contribution in [3.05, 3.63) is 17.7 Å². The van der Waals surface area contributed by atoms with Gasteiger partial charge in [0.05, 0.1) is 27.2 Å². The number of benzene rings is 1. The number of aliphatic carboxylic acids is 1. The Kier molecular flexibility index (Phi) is 6.32. The normalized spacial score (nSPS) is 14.8. The Labute approximate surface area is 146 Å². The maximum Gasteiger partial charge on any atom is 0.317 e. The number of carbonyl (C=O) groups excluding carboxylic acids is 1. The third-order valence-electron chi connectivity index (χ3n) is 4.35. The number of methoxy groups -OCH3 is 3. The minimum atomic E-state index is -0.796. The van der Waals surface area contributed by atoms with Crippen LogP contribution in [-0.4, -0.2) is 56.4 Å². The van der Waals surface area contributed by atoms with Crippen LogP contribution < -0.4 is 19.5 Å². The lowest BCUT2D eigenvalue weighted by atomic mass is 9.97. The third-order valence-corrected chi connectivity index (χ3v) is 4.35. The Balaban J connectivity index is 1.98. The zero-order chi connectivity index (χ0) is 18.4. The summed E-state index contributed by atoms with van der Waals surface area (Å²) in [4.78, 5) is 24.9. The van der Waals surface area contributed by atoms with Crippen LogP contribution in [0.25, 0.3) is 0 Å². The van der Waals surface area contributed by atoms with Crippen LogP contribution >= 0.6 is 0 Å². The number of carbonyl (C=O) groups is 2. The first-order valence-corrected chi connectivity index (χ1v) is 8.04. The molecule has 8 heteroatoms. The molecule has 2 rings (SSSR count). The van der Waals surface area contributed by atoms with Gasteiger partial charge in [0.1, 0.15) is 5.75 Å². The van der Waals surface area contributed by atoms with Gasteiger partial charge in [0, 0.05) is 31.3 Å². The minimum Gasteiger partial charge on any atom is -0.496 e. The molecule has 2 amide bonds. The molecule has 0 spiro atoms. The topological polar surface area (TPSA) is 97.3 Å². The Hall–Kier alpha value is -2.64. The highest BCUT2D eigenvalue weighted by molar-refractivity contribution is 5.75. The first-order valence-electron chi connectivity index (χ1n) is 8.04. The highest BCUT2D eigenvalue weighted by Gasteiger charge is 2.27. The molecule has 2 N–H and O–H groups in total. The number of hydrogen-bond donors (Lipinski definition) is 2. The van der Waals surface area contributed by atoms with E-state index in [9.17, 15) is 9.59 Å². The van der Waals surface area contributed by atoms with E-state index in [1.54, 1.807) is 38.4 Å². The van der Waals surface area contributed by atoms with E-state index in [-0.39, 0.29) is 18.5 Å². The quantitative estimate of drug-likeness (QED) is 0.809. The van der Waals surface area contributed by atoms with Crippen LogP contribution in [0, 0.1) is 5.92 Å². The van der Waals surface area contributed by atoms with E-state index >= 15 is 0 Å². The van der Waals surface area contributed by atoms with Crippen LogP contribution in [0.1, 0.15) is 18.4 Å². The minimum absolute atomic E-state index is 0.222. The summed E-state index contributed by atoms with van der Waals surface area (Å²) in [5.41, 5.74) is 0.758. The summed E-state index contributed by atoms with van der Waals surface area (Å²) < 4.78 is 15.8. The fraction of sp³-hybridized carbons (Fsp3) is 0.529. The maximum atomic E-state index is 12.3. The Morgan fingerprint density at radius 3 is 2.16 bits per heavy atom. The number of carboxylic acid groups (broad SMARTS) is 1. The van der Waals surface area contributed by atoms with Crippen LogP contribution in [0.3, 0.4) is 0 Å². The number of ether oxygens (including phenoxy) is 3. The fourth-order valence-electron chi connectivity index (χ4n) is 2.84. The van der Waals surface area contributed by atoms with Crippen LogP contribution in [0.2, 0.25) is 0 Å². The van der Waals surface area contributed by atoms with Crippen molar-refractivity contribution in [2.45, 2.75) is 19.4 Å². The van der Waals surface area contributed by atoms with Crippen molar-refractivity contribution in [3.8, 4) is 17.2 Å². The molecule has 0 bridgehead atoms. The molecule has 0 saturated carbocycles. The first kappa shape index (κ1) is 18.7. The summed E-state index contributed by atoms with van der Waals surface area (Å²) in [7, 11) is 4.63. The summed E-state index contributed by atoms with van der Waals surface area (Å²) >= 11 is 0. The largest absolute Gasteiger partial charge is 0.496 e. The Morgan fingerprint density at radius 1 is 1.08 bits per heavy atom. The second-order valence-corrected chi connectivity index (χ2v) is 5.78. The molecule has 0 radical (unpaired) electrons. The molecule has 0 unspecified atom stereocenters. The SMILES string of the molecule is COc1cc(OC)c(OC)cc1CNC(=O)N1CCC(C(=O)O)CC1. The predicted octanol–water partition coefficient (Wildman–Crippen LogP) is 1.72. The first-order chi connectivity index (χ1) is 12.0. The Morgan fingerprint density at radius 2 is 1.64 bits per heavy atom. The van der Waals surface area contributed by atoms with Gasteiger partial charge in [0.15, 0.2) is 11.5 Å². The number of urea groups is 1. The standard InChI is InChI=1S/C17H24N2O6/c1-23-13-9-15(25-3)14(24-2)8-12(13)10-18-17(22)19-6-4-11(5-7-19)16(20)21/h8-9,11H,4-7,10H2,1-3H3,(H,18,22)(H,20,21). The van der Waals surface area contributed by atoms with Crippen molar-refractivity contribution in [1.82, 2.24) is 10.2 Å². The summed E-state index contributed by atoms with van der Waals surface area (Å²) in [5, 5.41) is 11.8. The average Bonchev–Trinajstić information content (AvgIpc) is 2.65. The molecule has 1 aromatic carbocycles. The lowest BCUT2D eigenvalue weighted by Gasteiger charge is -2.30. The molecular weight excluding hydrogens is 328 g/mol. The van der Waals surface area contributed by atoms with Gasteiger partial charge >= 0.3 is 12.0 Å². The third kappa shape index (κ3) is 4.46. The molecule has 1 saturated heterocycles. The van der Waals surface area contributed by atoms with E-state index < -0.39 is 5.97 Å². The molecule has 1 heterocycles. The second-order valence-electron chi connectivity index (χ2n) is 5.78. The number of nitrogens with zero attached hydrogens (tertiary/aromatic N) is 1. The second kappa shape index (κ2) is 8.46. The van der Waals surface area contributed by atoms with Gasteiger partial charge in [-0.2, -0.15) is 0 Å². The number of rotatable bonds is 6. The van der Waals surface area contributed by atoms with E-state index in [1.807, 2.05) is 0 Å². The van der Waals surface area contributed by atoms with E-state index in [2.05, 4.69) is 5.32 Å². The van der Waals surface area contributed by atoms with Crippen LogP contribution in [0.4, 0.5) is 4.79 Å². The van der Waals surface area contributed by atoms with Crippen molar-refractivity contribution in [2.75, 3.05) is 34.4 Å². The van der Waals surface area contributed by atoms with Gasteiger partial charge in [0.25, 0.3) is 0 Å². The molecule has 0 aromatic heterocycles. The molecule has 25 heavy (non-hydrogen) atoms. The number of hydrogen-bond acceptors (Lipinski definition) is 5. The number of carboxylic acids is 1. The number of nitrogens with one attached hydrogen (secondary N) is 1. The summed E-state index contributed by atoms with van der Waals surface area (Å²) in [5.74, 6) is 0.521. The summed E-state index contributed by atoms with van der Waals surface area (Å²) in [6.07, 6.45) is 0.949. The van der Waals surface area contributed by atoms with E-state index in [0.717, 1.165) is 5.56 Å². The average molecular weight is 352 g/mol. The van der Waals surface area contributed by atoms with Crippen LogP contribution in [0.5, 0.6) is 17.2 Å². The highest BCUT2D eigenvalue weighted by Crippen LogP contribution is 2.34. The molecule has 1 aliphatic rings. The van der Waals surface area contributed by atoms with Crippen LogP contribution in [0.15, 0.2) is 12.1 Å². The highest BCUT2D eigenvalue weighted by atomic mass is 16.5. The molecule has 1 aromatic rings. The van der Waals surface area contributed by atoms with Gasteiger partial charge in [0.2, 0.25) is 0 Å². The number of likely N-dealkylation sites (tertiary alicyclic amines) is 1. The van der Waals surface area contributed by atoms with Crippen molar-refractivity contribution in [2.24, 2.45) is 5.92 Å².